The molecule has 1 unspecified atom stereocenters. The van der Waals surface area contributed by atoms with Crippen molar-refractivity contribution in [3.8, 4) is 6.07 Å². The van der Waals surface area contributed by atoms with Gasteiger partial charge in [0.25, 0.3) is 0 Å². The molecule has 1 aromatic rings. The molecule has 1 N–H and O–H groups in total. The number of nitrogens with zero attached hydrogens (tertiary/aromatic N) is 3. The zero-order valence-electron chi connectivity index (χ0n) is 7.37. The number of rotatable bonds is 4. The van der Waals surface area contributed by atoms with Crippen molar-refractivity contribution in [2.75, 3.05) is 7.05 Å². The number of hydrogen-bond donors (Lipinski definition) is 1. The second-order valence-electron chi connectivity index (χ2n) is 2.68. The van der Waals surface area contributed by atoms with Gasteiger partial charge >= 0.3 is 0 Å². The Morgan fingerprint density at radius 2 is 2.62 bits per heavy atom. The topological polar surface area (TPSA) is 53.6 Å². The Kier molecular flexibility index (Phi) is 4.18. The predicted molar refractivity (Wildman–Crippen MR) is 58.0 cm³/mol. The third-order valence-electron chi connectivity index (χ3n) is 1.75. The molecule has 0 amide bonds. The van der Waals surface area contributed by atoms with Crippen LogP contribution in [0.5, 0.6) is 0 Å². The molecule has 0 aliphatic heterocycles. The summed E-state index contributed by atoms with van der Waals surface area (Å²) < 4.78 is 2.97. The van der Waals surface area contributed by atoms with Crippen molar-refractivity contribution in [1.29, 1.82) is 5.26 Å². The minimum Gasteiger partial charge on any atom is -0.305 e. The lowest BCUT2D eigenvalue weighted by atomic mass is 10.2. The van der Waals surface area contributed by atoms with E-state index in [2.05, 4.69) is 39.1 Å². The van der Waals surface area contributed by atoms with E-state index in [0.29, 0.717) is 0 Å². The molecule has 1 heterocycles. The summed E-state index contributed by atoms with van der Waals surface area (Å²) in [5, 5.41) is 15.7. The Morgan fingerprint density at radius 3 is 3.08 bits per heavy atom. The molecule has 0 radical (unpaired) electrons. The van der Waals surface area contributed by atoms with E-state index in [1.165, 1.54) is 0 Å². The van der Waals surface area contributed by atoms with Crippen molar-refractivity contribution >= 4 is 22.6 Å². The largest absolute Gasteiger partial charge is 0.305 e. The highest BCUT2D eigenvalue weighted by Crippen LogP contribution is 2.02. The molecule has 0 saturated carbocycles. The molecule has 0 aromatic carbocycles. The number of halogens is 1. The first kappa shape index (κ1) is 10.5. The Bertz CT molecular complexity index is 301. The van der Waals surface area contributed by atoms with Crippen molar-refractivity contribution in [2.24, 2.45) is 0 Å². The van der Waals surface area contributed by atoms with Gasteiger partial charge in [-0.1, -0.05) is 0 Å². The van der Waals surface area contributed by atoms with Crippen LogP contribution in [0.25, 0.3) is 0 Å². The van der Waals surface area contributed by atoms with Gasteiger partial charge in [0.2, 0.25) is 0 Å². The first-order valence-electron chi connectivity index (χ1n) is 4.01. The number of aromatic nitrogens is 2. The minimum absolute atomic E-state index is 0.0816. The average molecular weight is 290 g/mol. The summed E-state index contributed by atoms with van der Waals surface area (Å²) in [5.41, 5.74) is 0. The van der Waals surface area contributed by atoms with Crippen molar-refractivity contribution in [2.45, 2.75) is 19.0 Å². The fraction of sp³-hybridized carbons (Fsp3) is 0.500. The highest BCUT2D eigenvalue weighted by Gasteiger charge is 2.03. The van der Waals surface area contributed by atoms with Gasteiger partial charge in [0.1, 0.15) is 0 Å². The summed E-state index contributed by atoms with van der Waals surface area (Å²) in [7, 11) is 1.79. The summed E-state index contributed by atoms with van der Waals surface area (Å²) in [6.45, 7) is 0.780. The molecule has 1 aromatic heterocycles. The van der Waals surface area contributed by atoms with E-state index in [9.17, 15) is 0 Å². The van der Waals surface area contributed by atoms with Gasteiger partial charge in [-0.15, -0.1) is 0 Å². The second-order valence-corrected chi connectivity index (χ2v) is 3.93. The van der Waals surface area contributed by atoms with Gasteiger partial charge in [-0.3, -0.25) is 4.68 Å². The molecule has 70 valence electrons. The normalized spacial score (nSPS) is 12.4. The summed E-state index contributed by atoms with van der Waals surface area (Å²) in [6.07, 6.45) is 4.55. The molecule has 0 fully saturated rings. The second kappa shape index (κ2) is 5.19. The van der Waals surface area contributed by atoms with Gasteiger partial charge in [0, 0.05) is 12.7 Å². The zero-order valence-corrected chi connectivity index (χ0v) is 9.52. The van der Waals surface area contributed by atoms with E-state index in [1.807, 2.05) is 10.9 Å². The summed E-state index contributed by atoms with van der Waals surface area (Å²) in [4.78, 5) is 0. The maximum atomic E-state index is 8.67. The molecule has 4 nitrogen and oxygen atoms in total. The molecule has 13 heavy (non-hydrogen) atoms. The number of aryl methyl sites for hydroxylation is 1. The van der Waals surface area contributed by atoms with Crippen LogP contribution in [0.15, 0.2) is 12.4 Å². The van der Waals surface area contributed by atoms with Crippen molar-refractivity contribution in [3.05, 3.63) is 16.0 Å². The van der Waals surface area contributed by atoms with Gasteiger partial charge in [0.15, 0.2) is 0 Å². The van der Waals surface area contributed by atoms with Crippen LogP contribution >= 0.6 is 22.6 Å². The monoisotopic (exact) mass is 290 g/mol. The summed E-state index contributed by atoms with van der Waals surface area (Å²) >= 11 is 2.21. The van der Waals surface area contributed by atoms with Crippen molar-refractivity contribution < 1.29 is 0 Å². The van der Waals surface area contributed by atoms with E-state index in [-0.39, 0.29) is 6.04 Å². The quantitative estimate of drug-likeness (QED) is 0.841. The van der Waals surface area contributed by atoms with Gasteiger partial charge in [-0.2, -0.15) is 10.4 Å². The SMILES string of the molecule is CNC(C#N)CCn1cc(I)cn1. The van der Waals surface area contributed by atoms with Gasteiger partial charge in [-0.25, -0.2) is 0 Å². The Labute approximate surface area is 91.1 Å². The third-order valence-corrected chi connectivity index (χ3v) is 2.31. The molecule has 5 heteroatoms. The molecule has 1 atom stereocenters. The molecular weight excluding hydrogens is 279 g/mol. The minimum atomic E-state index is -0.0816. The molecule has 0 saturated heterocycles. The maximum absolute atomic E-state index is 8.67. The smallest absolute Gasteiger partial charge is 0.0968 e. The molecule has 1 rings (SSSR count). The summed E-state index contributed by atoms with van der Waals surface area (Å²) in [6, 6.07) is 2.09. The Hall–Kier alpha value is -0.610. The molecule has 0 aliphatic carbocycles. The third kappa shape index (κ3) is 3.32. The van der Waals surface area contributed by atoms with Crippen molar-refractivity contribution in [3.63, 3.8) is 0 Å². The lowest BCUT2D eigenvalue weighted by Gasteiger charge is -2.06. The Morgan fingerprint density at radius 1 is 1.85 bits per heavy atom. The molecule has 0 bridgehead atoms. The van der Waals surface area contributed by atoms with E-state index >= 15 is 0 Å². The first-order chi connectivity index (χ1) is 6.26. The number of nitrogens with one attached hydrogen (secondary N) is 1. The molecule has 0 spiro atoms. The van der Waals surface area contributed by atoms with Crippen LogP contribution in [-0.2, 0) is 6.54 Å². The fourth-order valence-electron chi connectivity index (χ4n) is 0.995. The Balaban J connectivity index is 2.39. The van der Waals surface area contributed by atoms with Crippen LogP contribution < -0.4 is 5.32 Å². The van der Waals surface area contributed by atoms with Crippen LogP contribution in [0.3, 0.4) is 0 Å². The van der Waals surface area contributed by atoms with Crippen molar-refractivity contribution in [1.82, 2.24) is 15.1 Å². The highest BCUT2D eigenvalue weighted by molar-refractivity contribution is 14.1. The fourth-order valence-corrected chi connectivity index (χ4v) is 1.44. The van der Waals surface area contributed by atoms with E-state index in [1.54, 1.807) is 13.2 Å². The van der Waals surface area contributed by atoms with Crippen LogP contribution in [0.2, 0.25) is 0 Å². The summed E-state index contributed by atoms with van der Waals surface area (Å²) in [5.74, 6) is 0. The van der Waals surface area contributed by atoms with Crippen LogP contribution in [0, 0.1) is 14.9 Å². The molecule has 0 aliphatic rings. The van der Waals surface area contributed by atoms with E-state index in [0.717, 1.165) is 16.5 Å². The predicted octanol–water partition coefficient (Wildman–Crippen LogP) is 0.989. The first-order valence-corrected chi connectivity index (χ1v) is 5.09. The lowest BCUT2D eigenvalue weighted by Crippen LogP contribution is -2.24. The van der Waals surface area contributed by atoms with Gasteiger partial charge in [-0.05, 0) is 36.1 Å². The standard InChI is InChI=1S/C8H11IN4/c1-11-8(4-10)2-3-13-6-7(9)5-12-13/h5-6,8,11H,2-3H2,1H3. The van der Waals surface area contributed by atoms with Crippen LogP contribution in [0.4, 0.5) is 0 Å². The molecular formula is C8H11IN4. The highest BCUT2D eigenvalue weighted by atomic mass is 127. The van der Waals surface area contributed by atoms with Crippen LogP contribution in [0.1, 0.15) is 6.42 Å². The number of nitriles is 1. The lowest BCUT2D eigenvalue weighted by molar-refractivity contribution is 0.518. The van der Waals surface area contributed by atoms with Gasteiger partial charge < -0.3 is 5.32 Å². The van der Waals surface area contributed by atoms with Crippen LogP contribution in [-0.4, -0.2) is 22.9 Å². The van der Waals surface area contributed by atoms with E-state index in [4.69, 9.17) is 5.26 Å². The van der Waals surface area contributed by atoms with E-state index < -0.39 is 0 Å². The average Bonchev–Trinajstić information content (AvgIpc) is 2.53. The number of hydrogen-bond acceptors (Lipinski definition) is 3. The zero-order chi connectivity index (χ0) is 9.68. The van der Waals surface area contributed by atoms with Gasteiger partial charge in [0.05, 0.1) is 21.9 Å². The maximum Gasteiger partial charge on any atom is 0.0968 e.